The van der Waals surface area contributed by atoms with E-state index in [1.165, 1.54) is 6.92 Å². The van der Waals surface area contributed by atoms with E-state index in [2.05, 4.69) is 32.8 Å². The monoisotopic (exact) mass is 731 g/mol. The lowest BCUT2D eigenvalue weighted by atomic mass is 9.77. The summed E-state index contributed by atoms with van der Waals surface area (Å²) in [5, 5.41) is 46.7. The summed E-state index contributed by atoms with van der Waals surface area (Å²) in [5.41, 5.74) is -3.70. The Morgan fingerprint density at radius 1 is 0.902 bits per heavy atom. The van der Waals surface area contributed by atoms with Gasteiger partial charge in [0, 0.05) is 36.9 Å². The number of hydrogen-bond donors (Lipinski definition) is 4. The summed E-state index contributed by atoms with van der Waals surface area (Å²) < 4.78 is 32.5. The van der Waals surface area contributed by atoms with Crippen molar-refractivity contribution >= 4 is 5.97 Å². The van der Waals surface area contributed by atoms with E-state index in [1.54, 1.807) is 20.8 Å². The number of nitrogens with zero attached hydrogens (tertiary/aromatic N) is 2. The summed E-state index contributed by atoms with van der Waals surface area (Å²) in [5.74, 6) is -2.20. The van der Waals surface area contributed by atoms with E-state index >= 15 is 0 Å². The van der Waals surface area contributed by atoms with Gasteiger partial charge < -0.3 is 53.9 Å². The van der Waals surface area contributed by atoms with Gasteiger partial charge in [0.25, 0.3) is 0 Å². The number of carbonyl (C=O) groups is 1. The van der Waals surface area contributed by atoms with Gasteiger partial charge in [-0.2, -0.15) is 0 Å². The van der Waals surface area contributed by atoms with E-state index in [0.717, 1.165) is 6.42 Å². The summed E-state index contributed by atoms with van der Waals surface area (Å²) in [6, 6.07) is -0.304. The fraction of sp³-hybridized carbons (Fsp3) is 0.974. The molecule has 0 bridgehead atoms. The molecule has 2 unspecified atom stereocenters. The predicted octanol–water partition coefficient (Wildman–Crippen LogP) is 3.80. The van der Waals surface area contributed by atoms with Gasteiger partial charge in [0.05, 0.1) is 42.0 Å². The van der Waals surface area contributed by atoms with Gasteiger partial charge >= 0.3 is 5.97 Å². The van der Waals surface area contributed by atoms with Gasteiger partial charge in [-0.15, -0.1) is 0 Å². The molecule has 3 aliphatic heterocycles. The Hall–Kier alpha value is -0.930. The topological polar surface area (TPSA) is 151 Å². The van der Waals surface area contributed by atoms with Gasteiger partial charge in [0.1, 0.15) is 17.8 Å². The molecule has 3 rings (SSSR count). The van der Waals surface area contributed by atoms with Gasteiger partial charge in [0.2, 0.25) is 0 Å². The Bertz CT molecular complexity index is 1120. The van der Waals surface area contributed by atoms with Crippen molar-refractivity contribution in [2.75, 3.05) is 27.7 Å². The summed E-state index contributed by atoms with van der Waals surface area (Å²) in [4.78, 5) is 18.4. The van der Waals surface area contributed by atoms with Crippen LogP contribution in [0.4, 0.5) is 0 Å². The van der Waals surface area contributed by atoms with Crippen LogP contribution in [-0.2, 0) is 28.5 Å². The van der Waals surface area contributed by atoms with E-state index in [-0.39, 0.29) is 30.4 Å². The molecule has 12 heteroatoms. The number of cyclic esters (lactones) is 1. The number of aliphatic hydroxyl groups excluding tert-OH is 2. The lowest BCUT2D eigenvalue weighted by molar-refractivity contribution is -0.304. The summed E-state index contributed by atoms with van der Waals surface area (Å²) in [6.45, 7) is 23.0. The number of likely N-dealkylation sites (N-methyl/N-ethyl adjacent to an activating group) is 1. The first-order chi connectivity index (χ1) is 23.3. The molecule has 0 amide bonds. The molecule has 3 heterocycles. The standard InChI is InChI=1S/C39H74N2O10/c1-16-29-39(12,46)32(42)26(7)41(15)20-21(2)18-38(11,45)34(51-36-23(4)28(40(13)14)17-22(3)47-36)24(5)31(25(6)35(44)49-29)50-30-19-37(9,10)33(43)27(8)48-30/h21-34,36,42-43,45-46H,16-20H2,1-15H3/t21-,22-,23-,24+,25-,26-,27+,28+,29-,30?,31+,32-,33+,34-,36?,38-,39-/m1/s1. The van der Waals surface area contributed by atoms with Crippen LogP contribution in [0.25, 0.3) is 0 Å². The van der Waals surface area contributed by atoms with Crippen LogP contribution in [0, 0.1) is 29.1 Å². The average molecular weight is 731 g/mol. The normalized spacial score (nSPS) is 48.5. The van der Waals surface area contributed by atoms with Crippen LogP contribution in [0.2, 0.25) is 0 Å². The molecule has 0 radical (unpaired) electrons. The van der Waals surface area contributed by atoms with E-state index in [4.69, 9.17) is 23.7 Å². The maximum absolute atomic E-state index is 14.2. The fourth-order valence-corrected chi connectivity index (χ4v) is 9.10. The Morgan fingerprint density at radius 3 is 2.06 bits per heavy atom. The Balaban J connectivity index is 2.16. The van der Waals surface area contributed by atoms with Gasteiger partial charge in [0.15, 0.2) is 12.6 Å². The Kier molecular flexibility index (Phi) is 15.0. The van der Waals surface area contributed by atoms with Crippen LogP contribution in [0.3, 0.4) is 0 Å². The van der Waals surface area contributed by atoms with Crippen molar-refractivity contribution in [1.82, 2.24) is 9.80 Å². The quantitative estimate of drug-likeness (QED) is 0.295. The molecule has 0 aromatic heterocycles. The zero-order chi connectivity index (χ0) is 39.0. The van der Waals surface area contributed by atoms with Gasteiger partial charge in [-0.3, -0.25) is 4.79 Å². The number of ether oxygens (including phenoxy) is 5. The highest BCUT2D eigenvalue weighted by atomic mass is 16.7. The molecule has 0 saturated carbocycles. The van der Waals surface area contributed by atoms with E-state index in [0.29, 0.717) is 19.4 Å². The highest BCUT2D eigenvalue weighted by Crippen LogP contribution is 2.42. The first-order valence-electron chi connectivity index (χ1n) is 19.3. The van der Waals surface area contributed by atoms with Crippen LogP contribution in [-0.4, -0.2) is 142 Å². The van der Waals surface area contributed by atoms with Crippen LogP contribution in [0.5, 0.6) is 0 Å². The second-order valence-corrected chi connectivity index (χ2v) is 18.0. The van der Waals surface area contributed by atoms with Crippen LogP contribution < -0.4 is 0 Å². The van der Waals surface area contributed by atoms with Gasteiger partial charge in [-0.1, -0.05) is 41.5 Å². The van der Waals surface area contributed by atoms with E-state index in [9.17, 15) is 25.2 Å². The van der Waals surface area contributed by atoms with E-state index in [1.807, 2.05) is 53.5 Å². The average Bonchev–Trinajstić information content (AvgIpc) is 3.02. The number of carbonyl (C=O) groups excluding carboxylic acids is 1. The number of hydrogen-bond acceptors (Lipinski definition) is 12. The molecule has 0 aromatic carbocycles. The lowest BCUT2D eigenvalue weighted by Gasteiger charge is -2.49. The van der Waals surface area contributed by atoms with E-state index < -0.39 is 89.7 Å². The molecule has 300 valence electrons. The van der Waals surface area contributed by atoms with Gasteiger partial charge in [-0.05, 0) is 93.3 Å². The van der Waals surface area contributed by atoms with Crippen LogP contribution in [0.15, 0.2) is 0 Å². The molecule has 17 atom stereocenters. The summed E-state index contributed by atoms with van der Waals surface area (Å²) in [6.07, 6.45) is -4.88. The molecule has 4 N–H and O–H groups in total. The number of esters is 1. The maximum atomic E-state index is 14.2. The zero-order valence-corrected chi connectivity index (χ0v) is 34.3. The van der Waals surface area contributed by atoms with Crippen molar-refractivity contribution in [2.45, 2.75) is 187 Å². The molecule has 3 saturated heterocycles. The molecule has 3 aliphatic rings. The molecule has 0 aromatic rings. The Morgan fingerprint density at radius 2 is 1.51 bits per heavy atom. The van der Waals surface area contributed by atoms with Crippen molar-refractivity contribution in [1.29, 1.82) is 0 Å². The second kappa shape index (κ2) is 17.3. The molecule has 12 nitrogen and oxygen atoms in total. The molecule has 0 aliphatic carbocycles. The minimum absolute atomic E-state index is 0.0270. The first-order valence-corrected chi connectivity index (χ1v) is 19.3. The smallest absolute Gasteiger partial charge is 0.311 e. The summed E-state index contributed by atoms with van der Waals surface area (Å²) in [7, 11) is 5.99. The van der Waals surface area contributed by atoms with Crippen LogP contribution in [0.1, 0.15) is 109 Å². The molecule has 51 heavy (non-hydrogen) atoms. The lowest BCUT2D eigenvalue weighted by Crippen LogP contribution is -2.59. The first kappa shape index (κ1) is 44.5. The third kappa shape index (κ3) is 10.2. The number of rotatable bonds is 6. The van der Waals surface area contributed by atoms with Crippen molar-refractivity contribution in [3.8, 4) is 0 Å². The molecule has 3 fully saturated rings. The highest BCUT2D eigenvalue weighted by molar-refractivity contribution is 5.73. The minimum atomic E-state index is -1.75. The highest BCUT2D eigenvalue weighted by Gasteiger charge is 2.51. The molecule has 0 spiro atoms. The van der Waals surface area contributed by atoms with Crippen molar-refractivity contribution in [3.63, 3.8) is 0 Å². The molecular formula is C39H74N2O10. The van der Waals surface area contributed by atoms with Crippen molar-refractivity contribution in [2.24, 2.45) is 29.1 Å². The van der Waals surface area contributed by atoms with Crippen LogP contribution >= 0.6 is 0 Å². The fourth-order valence-electron chi connectivity index (χ4n) is 9.10. The van der Waals surface area contributed by atoms with Crippen molar-refractivity contribution < 1.29 is 48.9 Å². The Labute approximate surface area is 308 Å². The third-order valence-corrected chi connectivity index (χ3v) is 12.4. The predicted molar refractivity (Wildman–Crippen MR) is 196 cm³/mol. The third-order valence-electron chi connectivity index (χ3n) is 12.4. The second-order valence-electron chi connectivity index (χ2n) is 18.0. The summed E-state index contributed by atoms with van der Waals surface area (Å²) >= 11 is 0. The molecular weight excluding hydrogens is 656 g/mol. The maximum Gasteiger partial charge on any atom is 0.311 e. The SMILES string of the molecule is CC[C@H]1OC(=O)[C@H](C)[C@@H](OC2CC(C)(C)[C@@H](O)[C@H](C)O2)[C@H](C)[C@@H](OC2O[C@H](C)C[C@H](N(C)C)[C@H]2C)[C@](C)(O)C[C@@H](C)CN(C)[C@H](C)[C@@H](O)[C@]1(C)O. The van der Waals surface area contributed by atoms with Crippen molar-refractivity contribution in [3.05, 3.63) is 0 Å². The largest absolute Gasteiger partial charge is 0.459 e. The van der Waals surface area contributed by atoms with Gasteiger partial charge in [-0.25, -0.2) is 0 Å². The zero-order valence-electron chi connectivity index (χ0n) is 34.3. The minimum Gasteiger partial charge on any atom is -0.459 e. The number of aliphatic hydroxyl groups is 4.